The minimum atomic E-state index is -0.353. The summed E-state index contributed by atoms with van der Waals surface area (Å²) < 4.78 is 5.12. The molecule has 110 valence electrons. The average molecular weight is 279 g/mol. The van der Waals surface area contributed by atoms with Crippen LogP contribution in [0.5, 0.6) is 5.75 Å². The first-order valence-electron chi connectivity index (χ1n) is 6.88. The third-order valence-corrected chi connectivity index (χ3v) is 3.83. The topological polar surface area (TPSA) is 67.6 Å². The highest BCUT2D eigenvalue weighted by molar-refractivity contribution is 5.69. The van der Waals surface area contributed by atoms with Gasteiger partial charge in [-0.15, -0.1) is 0 Å². The van der Waals surface area contributed by atoms with Crippen molar-refractivity contribution in [3.8, 4) is 5.75 Å². The van der Waals surface area contributed by atoms with E-state index in [4.69, 9.17) is 4.74 Å². The molecule has 1 aromatic carbocycles. The summed E-state index contributed by atoms with van der Waals surface area (Å²) in [5.74, 6) is 0.978. The molecule has 1 heterocycles. The van der Waals surface area contributed by atoms with E-state index in [1.54, 1.807) is 18.2 Å². The van der Waals surface area contributed by atoms with E-state index in [1.807, 2.05) is 7.05 Å². The Hall–Kier alpha value is -1.82. The molecule has 0 bridgehead atoms. The van der Waals surface area contributed by atoms with Crippen molar-refractivity contribution in [3.63, 3.8) is 0 Å². The fourth-order valence-corrected chi connectivity index (χ4v) is 2.78. The minimum absolute atomic E-state index is 0.0714. The smallest absolute Gasteiger partial charge is 0.333 e. The fraction of sp³-hybridized carbons (Fsp3) is 0.571. The van der Waals surface area contributed by atoms with Crippen molar-refractivity contribution in [2.45, 2.75) is 12.8 Å². The van der Waals surface area contributed by atoms with Gasteiger partial charge in [-0.2, -0.15) is 0 Å². The highest BCUT2D eigenvalue weighted by Gasteiger charge is 2.27. The van der Waals surface area contributed by atoms with E-state index in [1.165, 1.54) is 7.11 Å². The van der Waals surface area contributed by atoms with Gasteiger partial charge in [0.1, 0.15) is 5.69 Å². The standard InChI is InChI=1S/C14H21N3O3/c1-15-10-11-6-8-16(9-7-11)12-4-3-5-13(20-2)14(12)17(18)19/h3-5,11,15H,6-10H2,1-2H3. The molecule has 0 radical (unpaired) electrons. The van der Waals surface area contributed by atoms with Crippen molar-refractivity contribution in [1.29, 1.82) is 0 Å². The molecule has 0 aromatic heterocycles. The van der Waals surface area contributed by atoms with E-state index in [2.05, 4.69) is 10.2 Å². The average Bonchev–Trinajstić information content (AvgIpc) is 2.47. The van der Waals surface area contributed by atoms with Crippen LogP contribution in [-0.2, 0) is 0 Å². The van der Waals surface area contributed by atoms with E-state index in [9.17, 15) is 10.1 Å². The van der Waals surface area contributed by atoms with Crippen LogP contribution in [0.3, 0.4) is 0 Å². The Morgan fingerprint density at radius 1 is 1.45 bits per heavy atom. The summed E-state index contributed by atoms with van der Waals surface area (Å²) in [7, 11) is 3.42. The molecule has 1 aliphatic heterocycles. The molecule has 6 heteroatoms. The van der Waals surface area contributed by atoms with Crippen LogP contribution in [0.25, 0.3) is 0 Å². The molecule has 0 saturated carbocycles. The molecule has 6 nitrogen and oxygen atoms in total. The predicted molar refractivity (Wildman–Crippen MR) is 78.5 cm³/mol. The third kappa shape index (κ3) is 3.01. The van der Waals surface area contributed by atoms with Gasteiger partial charge in [-0.05, 0) is 44.5 Å². The third-order valence-electron chi connectivity index (χ3n) is 3.83. The molecule has 0 aliphatic carbocycles. The van der Waals surface area contributed by atoms with Crippen LogP contribution in [0.2, 0.25) is 0 Å². The molecular weight excluding hydrogens is 258 g/mol. The van der Waals surface area contributed by atoms with Crippen LogP contribution < -0.4 is 15.0 Å². The second-order valence-electron chi connectivity index (χ2n) is 5.07. The summed E-state index contributed by atoms with van der Waals surface area (Å²) >= 11 is 0. The maximum Gasteiger partial charge on any atom is 0.333 e. The maximum absolute atomic E-state index is 11.3. The zero-order chi connectivity index (χ0) is 14.5. The number of anilines is 1. The Labute approximate surface area is 118 Å². The van der Waals surface area contributed by atoms with Crippen molar-refractivity contribution >= 4 is 11.4 Å². The molecule has 1 N–H and O–H groups in total. The molecule has 1 aliphatic rings. The molecule has 1 aromatic rings. The first-order valence-corrected chi connectivity index (χ1v) is 6.88. The van der Waals surface area contributed by atoms with E-state index < -0.39 is 0 Å². The first kappa shape index (κ1) is 14.6. The number of piperidine rings is 1. The number of rotatable bonds is 5. The minimum Gasteiger partial charge on any atom is -0.490 e. The van der Waals surface area contributed by atoms with Crippen molar-refractivity contribution in [2.75, 3.05) is 38.7 Å². The molecule has 0 amide bonds. The quantitative estimate of drug-likeness (QED) is 0.660. The number of benzene rings is 1. The van der Waals surface area contributed by atoms with Crippen molar-refractivity contribution in [1.82, 2.24) is 5.32 Å². The van der Waals surface area contributed by atoms with E-state index >= 15 is 0 Å². The number of para-hydroxylation sites is 1. The second-order valence-corrected chi connectivity index (χ2v) is 5.07. The summed E-state index contributed by atoms with van der Waals surface area (Å²) in [5.41, 5.74) is 0.735. The van der Waals surface area contributed by atoms with Crippen LogP contribution in [0.15, 0.2) is 18.2 Å². The largest absolute Gasteiger partial charge is 0.490 e. The highest BCUT2D eigenvalue weighted by Crippen LogP contribution is 2.38. The molecule has 0 atom stereocenters. The molecule has 20 heavy (non-hydrogen) atoms. The van der Waals surface area contributed by atoms with E-state index in [0.717, 1.165) is 32.5 Å². The number of hydrogen-bond acceptors (Lipinski definition) is 5. The van der Waals surface area contributed by atoms with Gasteiger partial charge in [-0.1, -0.05) is 6.07 Å². The normalized spacial score (nSPS) is 16.2. The maximum atomic E-state index is 11.3. The van der Waals surface area contributed by atoms with Gasteiger partial charge < -0.3 is 15.0 Å². The van der Waals surface area contributed by atoms with Gasteiger partial charge in [0.2, 0.25) is 0 Å². The fourth-order valence-electron chi connectivity index (χ4n) is 2.78. The zero-order valence-corrected chi connectivity index (χ0v) is 12.0. The highest BCUT2D eigenvalue weighted by atomic mass is 16.6. The van der Waals surface area contributed by atoms with Gasteiger partial charge in [-0.25, -0.2) is 0 Å². The predicted octanol–water partition coefficient (Wildman–Crippen LogP) is 2.04. The second kappa shape index (κ2) is 6.56. The van der Waals surface area contributed by atoms with Crippen LogP contribution in [0.4, 0.5) is 11.4 Å². The summed E-state index contributed by atoms with van der Waals surface area (Å²) in [6.07, 6.45) is 2.10. The van der Waals surface area contributed by atoms with Gasteiger partial charge in [0, 0.05) is 13.1 Å². The first-order chi connectivity index (χ1) is 9.67. The van der Waals surface area contributed by atoms with Crippen molar-refractivity contribution in [2.24, 2.45) is 5.92 Å². The van der Waals surface area contributed by atoms with Gasteiger partial charge in [-0.3, -0.25) is 10.1 Å². The Balaban J connectivity index is 2.19. The monoisotopic (exact) mass is 279 g/mol. The Bertz CT molecular complexity index is 471. The summed E-state index contributed by atoms with van der Waals surface area (Å²) in [6.45, 7) is 2.70. The Morgan fingerprint density at radius 3 is 2.70 bits per heavy atom. The number of hydrogen-bond donors (Lipinski definition) is 1. The molecular formula is C14H21N3O3. The van der Waals surface area contributed by atoms with Gasteiger partial charge in [0.25, 0.3) is 0 Å². The van der Waals surface area contributed by atoms with Crippen LogP contribution >= 0.6 is 0 Å². The van der Waals surface area contributed by atoms with Crippen LogP contribution in [0.1, 0.15) is 12.8 Å². The van der Waals surface area contributed by atoms with Gasteiger partial charge in [0.05, 0.1) is 12.0 Å². The van der Waals surface area contributed by atoms with E-state index in [0.29, 0.717) is 17.4 Å². The van der Waals surface area contributed by atoms with Crippen molar-refractivity contribution in [3.05, 3.63) is 28.3 Å². The number of methoxy groups -OCH3 is 1. The number of nitrogens with zero attached hydrogens (tertiary/aromatic N) is 2. The summed E-state index contributed by atoms with van der Waals surface area (Å²) in [5, 5.41) is 14.5. The van der Waals surface area contributed by atoms with Gasteiger partial charge in [0.15, 0.2) is 5.75 Å². The number of nitrogens with one attached hydrogen (secondary N) is 1. The Morgan fingerprint density at radius 2 is 2.15 bits per heavy atom. The number of nitro groups is 1. The zero-order valence-electron chi connectivity index (χ0n) is 12.0. The van der Waals surface area contributed by atoms with Gasteiger partial charge >= 0.3 is 5.69 Å². The lowest BCUT2D eigenvalue weighted by Gasteiger charge is -2.33. The van der Waals surface area contributed by atoms with E-state index in [-0.39, 0.29) is 10.6 Å². The summed E-state index contributed by atoms with van der Waals surface area (Å²) in [4.78, 5) is 13.0. The molecule has 1 saturated heterocycles. The van der Waals surface area contributed by atoms with Crippen LogP contribution in [-0.4, -0.2) is 38.7 Å². The molecule has 0 unspecified atom stereocenters. The lowest BCUT2D eigenvalue weighted by Crippen LogP contribution is -2.37. The lowest BCUT2D eigenvalue weighted by molar-refractivity contribution is -0.385. The lowest BCUT2D eigenvalue weighted by atomic mass is 9.96. The Kier molecular flexibility index (Phi) is 4.79. The molecule has 2 rings (SSSR count). The van der Waals surface area contributed by atoms with Crippen molar-refractivity contribution < 1.29 is 9.66 Å². The number of ether oxygens (including phenoxy) is 1. The van der Waals surface area contributed by atoms with Crippen LogP contribution in [0, 0.1) is 16.0 Å². The number of nitro benzene ring substituents is 1. The molecule has 0 spiro atoms. The summed E-state index contributed by atoms with van der Waals surface area (Å²) in [6, 6.07) is 5.25. The SMILES string of the molecule is CNCC1CCN(c2cccc(OC)c2[N+](=O)[O-])CC1. The molecule has 1 fully saturated rings.